The monoisotopic (exact) mass is 481 g/mol. The van der Waals surface area contributed by atoms with E-state index < -0.39 is 0 Å². The summed E-state index contributed by atoms with van der Waals surface area (Å²) in [6, 6.07) is 9.76. The van der Waals surface area contributed by atoms with Gasteiger partial charge in [0.15, 0.2) is 11.5 Å². The topological polar surface area (TPSA) is 48.0 Å². The Kier molecular flexibility index (Phi) is 8.31. The molecule has 1 aliphatic heterocycles. The third-order valence-corrected chi connectivity index (χ3v) is 6.01. The van der Waals surface area contributed by atoms with E-state index in [0.29, 0.717) is 56.6 Å². The Hall–Kier alpha value is -2.13. The van der Waals surface area contributed by atoms with E-state index in [9.17, 15) is 9.18 Å². The van der Waals surface area contributed by atoms with Gasteiger partial charge in [0.25, 0.3) is 5.91 Å². The van der Waals surface area contributed by atoms with Crippen molar-refractivity contribution >= 4 is 51.9 Å². The molecule has 1 aliphatic rings. The zero-order chi connectivity index (χ0) is 22.4. The minimum atomic E-state index is -0.358. The Balaban J connectivity index is 1.84. The number of thioether (sulfide) groups is 1. The maximum atomic E-state index is 13.9. The van der Waals surface area contributed by atoms with E-state index in [-0.39, 0.29) is 18.3 Å². The molecule has 164 valence electrons. The Morgan fingerprint density at radius 3 is 2.74 bits per heavy atom. The van der Waals surface area contributed by atoms with Gasteiger partial charge in [-0.25, -0.2) is 4.39 Å². The first-order valence-electron chi connectivity index (χ1n) is 9.51. The molecule has 1 heterocycles. The number of rotatable bonds is 9. The van der Waals surface area contributed by atoms with Crippen LogP contribution in [0.5, 0.6) is 11.5 Å². The lowest BCUT2D eigenvalue weighted by molar-refractivity contribution is -0.122. The highest BCUT2D eigenvalue weighted by Gasteiger charge is 2.31. The predicted molar refractivity (Wildman–Crippen MR) is 125 cm³/mol. The van der Waals surface area contributed by atoms with Gasteiger partial charge in [0.1, 0.15) is 16.7 Å². The molecule has 3 rings (SSSR count). The molecule has 1 amide bonds. The van der Waals surface area contributed by atoms with Gasteiger partial charge in [-0.3, -0.25) is 9.69 Å². The number of hydrogen-bond acceptors (Lipinski definition) is 6. The van der Waals surface area contributed by atoms with Gasteiger partial charge in [0, 0.05) is 12.7 Å². The third kappa shape index (κ3) is 5.77. The Morgan fingerprint density at radius 2 is 2.03 bits per heavy atom. The molecule has 0 aromatic heterocycles. The van der Waals surface area contributed by atoms with Crippen molar-refractivity contribution in [3.05, 3.63) is 63.3 Å². The molecular weight excluding hydrogens is 461 g/mol. The third-order valence-electron chi connectivity index (χ3n) is 4.35. The van der Waals surface area contributed by atoms with Crippen LogP contribution in [0.2, 0.25) is 5.02 Å². The summed E-state index contributed by atoms with van der Waals surface area (Å²) in [5.41, 5.74) is 1.07. The molecule has 31 heavy (non-hydrogen) atoms. The van der Waals surface area contributed by atoms with Crippen LogP contribution in [0.1, 0.15) is 18.1 Å². The van der Waals surface area contributed by atoms with Crippen molar-refractivity contribution in [1.29, 1.82) is 0 Å². The van der Waals surface area contributed by atoms with Crippen molar-refractivity contribution in [2.24, 2.45) is 0 Å². The van der Waals surface area contributed by atoms with Crippen LogP contribution < -0.4 is 9.47 Å². The molecule has 0 saturated carbocycles. The lowest BCUT2D eigenvalue weighted by Crippen LogP contribution is -2.31. The number of halogens is 2. The van der Waals surface area contributed by atoms with Gasteiger partial charge in [-0.2, -0.15) is 0 Å². The molecule has 2 aromatic carbocycles. The molecule has 5 nitrogen and oxygen atoms in total. The van der Waals surface area contributed by atoms with Gasteiger partial charge in [-0.05, 0) is 36.8 Å². The molecule has 0 aliphatic carbocycles. The Labute approximate surface area is 195 Å². The van der Waals surface area contributed by atoms with Crippen molar-refractivity contribution in [2.75, 3.05) is 26.9 Å². The van der Waals surface area contributed by atoms with Crippen LogP contribution in [0.15, 0.2) is 41.3 Å². The summed E-state index contributed by atoms with van der Waals surface area (Å²) in [5, 5.41) is 0.295. The minimum Gasteiger partial charge on any atom is -0.490 e. The summed E-state index contributed by atoms with van der Waals surface area (Å²) >= 11 is 13.0. The summed E-state index contributed by atoms with van der Waals surface area (Å²) in [7, 11) is 1.57. The molecule has 9 heteroatoms. The molecule has 1 saturated heterocycles. The van der Waals surface area contributed by atoms with E-state index in [1.165, 1.54) is 22.7 Å². The SMILES string of the molecule is CCOc1cc(/C=C2/SC(=S)N(CCOC)C2=O)cc(Cl)c1OCc1ccccc1F. The van der Waals surface area contributed by atoms with Crippen molar-refractivity contribution < 1.29 is 23.4 Å². The lowest BCUT2D eigenvalue weighted by Gasteiger charge is -2.15. The van der Waals surface area contributed by atoms with Crippen LogP contribution in [-0.2, 0) is 16.1 Å². The number of hydrogen-bond donors (Lipinski definition) is 0. The largest absolute Gasteiger partial charge is 0.490 e. The second-order valence-electron chi connectivity index (χ2n) is 6.47. The van der Waals surface area contributed by atoms with Crippen molar-refractivity contribution in [2.45, 2.75) is 13.5 Å². The average molecular weight is 482 g/mol. The molecular formula is C22H21ClFNO4S2. The quantitative estimate of drug-likeness (QED) is 0.357. The second-order valence-corrected chi connectivity index (χ2v) is 8.55. The number of benzene rings is 2. The number of thiocarbonyl (C=S) groups is 1. The number of carbonyl (C=O) groups is 1. The standard InChI is InChI=1S/C22H21ClFNO4S2/c1-3-28-18-11-14(12-19-21(26)25(8-9-27-2)22(30)31-19)10-16(23)20(18)29-13-15-6-4-5-7-17(15)24/h4-7,10-12H,3,8-9,13H2,1-2H3/b19-12+. The number of methoxy groups -OCH3 is 1. The van der Waals surface area contributed by atoms with Crippen molar-refractivity contribution in [1.82, 2.24) is 4.90 Å². The molecule has 0 unspecified atom stereocenters. The zero-order valence-corrected chi connectivity index (χ0v) is 19.4. The minimum absolute atomic E-state index is 0.00394. The molecule has 2 aromatic rings. The first-order chi connectivity index (χ1) is 14.9. The van der Waals surface area contributed by atoms with E-state index in [1.807, 2.05) is 6.92 Å². The summed E-state index contributed by atoms with van der Waals surface area (Å²) in [6.45, 7) is 3.02. The highest BCUT2D eigenvalue weighted by Crippen LogP contribution is 2.39. The highest BCUT2D eigenvalue weighted by molar-refractivity contribution is 8.26. The molecule has 0 N–H and O–H groups in total. The summed E-state index contributed by atoms with van der Waals surface area (Å²) in [6.07, 6.45) is 1.71. The van der Waals surface area contributed by atoms with Crippen molar-refractivity contribution in [3.8, 4) is 11.5 Å². The molecule has 0 atom stereocenters. The lowest BCUT2D eigenvalue weighted by atomic mass is 10.1. The van der Waals surface area contributed by atoms with Gasteiger partial charge in [-0.15, -0.1) is 0 Å². The van der Waals surface area contributed by atoms with Gasteiger partial charge in [-0.1, -0.05) is 53.8 Å². The fourth-order valence-electron chi connectivity index (χ4n) is 2.87. The fourth-order valence-corrected chi connectivity index (χ4v) is 4.45. The number of nitrogens with zero attached hydrogens (tertiary/aromatic N) is 1. The van der Waals surface area contributed by atoms with Crippen LogP contribution >= 0.6 is 35.6 Å². The van der Waals surface area contributed by atoms with E-state index >= 15 is 0 Å². The summed E-state index contributed by atoms with van der Waals surface area (Å²) in [4.78, 5) is 14.6. The maximum absolute atomic E-state index is 13.9. The van der Waals surface area contributed by atoms with Gasteiger partial charge in [0.05, 0.1) is 29.7 Å². The first kappa shape index (κ1) is 23.5. The number of ether oxygens (including phenoxy) is 3. The highest BCUT2D eigenvalue weighted by atomic mass is 35.5. The predicted octanol–water partition coefficient (Wildman–Crippen LogP) is 5.30. The van der Waals surface area contributed by atoms with E-state index in [0.717, 1.165) is 0 Å². The smallest absolute Gasteiger partial charge is 0.266 e. The molecule has 1 fully saturated rings. The molecule has 0 radical (unpaired) electrons. The van der Waals surface area contributed by atoms with E-state index in [4.69, 9.17) is 38.0 Å². The van der Waals surface area contributed by atoms with Crippen LogP contribution in [0, 0.1) is 5.82 Å². The van der Waals surface area contributed by atoms with Gasteiger partial charge >= 0.3 is 0 Å². The van der Waals surface area contributed by atoms with Crippen LogP contribution in [-0.4, -0.2) is 42.0 Å². The van der Waals surface area contributed by atoms with Gasteiger partial charge in [0.2, 0.25) is 0 Å². The Morgan fingerprint density at radius 1 is 1.26 bits per heavy atom. The van der Waals surface area contributed by atoms with Crippen LogP contribution in [0.25, 0.3) is 6.08 Å². The Bertz CT molecular complexity index is 1020. The van der Waals surface area contributed by atoms with Crippen LogP contribution in [0.3, 0.4) is 0 Å². The van der Waals surface area contributed by atoms with Crippen molar-refractivity contribution in [3.63, 3.8) is 0 Å². The molecule has 0 bridgehead atoms. The zero-order valence-electron chi connectivity index (χ0n) is 17.0. The second kappa shape index (κ2) is 10.9. The fraction of sp³-hybridized carbons (Fsp3) is 0.273. The summed E-state index contributed by atoms with van der Waals surface area (Å²) in [5.74, 6) is 0.189. The first-order valence-corrected chi connectivity index (χ1v) is 11.1. The van der Waals surface area contributed by atoms with E-state index in [1.54, 1.807) is 43.5 Å². The molecule has 0 spiro atoms. The number of carbonyl (C=O) groups excluding carboxylic acids is 1. The number of amides is 1. The maximum Gasteiger partial charge on any atom is 0.266 e. The van der Waals surface area contributed by atoms with E-state index in [2.05, 4.69) is 0 Å². The summed E-state index contributed by atoms with van der Waals surface area (Å²) < 4.78 is 30.9. The van der Waals surface area contributed by atoms with Crippen LogP contribution in [0.4, 0.5) is 4.39 Å². The van der Waals surface area contributed by atoms with Gasteiger partial charge < -0.3 is 14.2 Å². The normalized spacial score (nSPS) is 15.1. The average Bonchev–Trinajstić information content (AvgIpc) is 3.00.